The number of likely N-dealkylation sites (tertiary alicyclic amines) is 1. The Morgan fingerprint density at radius 3 is 2.87 bits per heavy atom. The zero-order valence-corrected chi connectivity index (χ0v) is 17.8. The number of rotatable bonds is 4. The first-order valence-electron chi connectivity index (χ1n) is 10.5. The van der Waals surface area contributed by atoms with Crippen LogP contribution in [0.3, 0.4) is 0 Å². The third-order valence-corrected chi connectivity index (χ3v) is 5.66. The number of carbonyl (C=O) groups is 1. The van der Waals surface area contributed by atoms with Crippen molar-refractivity contribution in [2.45, 2.75) is 45.6 Å². The first-order chi connectivity index (χ1) is 15.0. The van der Waals surface area contributed by atoms with Crippen LogP contribution in [0.25, 0.3) is 22.5 Å². The van der Waals surface area contributed by atoms with E-state index in [4.69, 9.17) is 13.9 Å². The van der Waals surface area contributed by atoms with Gasteiger partial charge < -0.3 is 13.8 Å². The van der Waals surface area contributed by atoms with Gasteiger partial charge in [0.2, 0.25) is 5.89 Å². The summed E-state index contributed by atoms with van der Waals surface area (Å²) in [6, 6.07) is 5.56. The standard InChI is InChI=1S/C22H24N6O3/c1-13(2)28-20-17(11-23-28)16(10-18(25-20)19-7-5-9-30-19)22(29)27-8-4-6-15(12-27)21-24-14(3)26-31-21/h5,7,9-11,13,15H,4,6,8,12H2,1-3H3/t15-/m1/s1. The van der Waals surface area contributed by atoms with Crippen LogP contribution in [0.4, 0.5) is 0 Å². The maximum Gasteiger partial charge on any atom is 0.254 e. The fraction of sp³-hybridized carbons (Fsp3) is 0.409. The number of furan rings is 1. The van der Waals surface area contributed by atoms with Crippen molar-refractivity contribution in [3.63, 3.8) is 0 Å². The number of carbonyl (C=O) groups excluding carboxylic acids is 1. The first-order valence-corrected chi connectivity index (χ1v) is 10.5. The molecular formula is C22H24N6O3. The molecule has 9 heteroatoms. The van der Waals surface area contributed by atoms with Crippen molar-refractivity contribution >= 4 is 16.9 Å². The molecule has 0 saturated carbocycles. The van der Waals surface area contributed by atoms with Crippen molar-refractivity contribution in [1.82, 2.24) is 29.8 Å². The third-order valence-electron chi connectivity index (χ3n) is 5.66. The summed E-state index contributed by atoms with van der Waals surface area (Å²) in [7, 11) is 0. The number of nitrogens with zero attached hydrogens (tertiary/aromatic N) is 6. The Morgan fingerprint density at radius 2 is 2.16 bits per heavy atom. The number of aryl methyl sites for hydroxylation is 1. The van der Waals surface area contributed by atoms with E-state index in [0.717, 1.165) is 18.2 Å². The van der Waals surface area contributed by atoms with E-state index in [1.54, 1.807) is 25.5 Å². The summed E-state index contributed by atoms with van der Waals surface area (Å²) in [6.07, 6.45) is 5.12. The Labute approximate surface area is 179 Å². The van der Waals surface area contributed by atoms with Gasteiger partial charge in [-0.1, -0.05) is 5.16 Å². The molecule has 0 aromatic carbocycles. The van der Waals surface area contributed by atoms with E-state index in [9.17, 15) is 4.79 Å². The highest BCUT2D eigenvalue weighted by molar-refractivity contribution is 6.06. The molecular weight excluding hydrogens is 396 g/mol. The molecule has 9 nitrogen and oxygen atoms in total. The fourth-order valence-electron chi connectivity index (χ4n) is 4.14. The van der Waals surface area contributed by atoms with Crippen LogP contribution in [-0.4, -0.2) is 48.8 Å². The summed E-state index contributed by atoms with van der Waals surface area (Å²) >= 11 is 0. The summed E-state index contributed by atoms with van der Waals surface area (Å²) in [4.78, 5) is 24.6. The minimum atomic E-state index is -0.0514. The maximum atomic E-state index is 13.7. The minimum absolute atomic E-state index is 0.0409. The van der Waals surface area contributed by atoms with E-state index in [2.05, 4.69) is 15.2 Å². The molecule has 4 aromatic heterocycles. The zero-order valence-electron chi connectivity index (χ0n) is 17.8. The third kappa shape index (κ3) is 3.49. The molecule has 4 aromatic rings. The monoisotopic (exact) mass is 420 g/mol. The average molecular weight is 420 g/mol. The Hall–Kier alpha value is -3.49. The van der Waals surface area contributed by atoms with E-state index >= 15 is 0 Å². The number of hydrogen-bond donors (Lipinski definition) is 0. The molecule has 5 rings (SSSR count). The van der Waals surface area contributed by atoms with Gasteiger partial charge in [-0.3, -0.25) is 4.79 Å². The van der Waals surface area contributed by atoms with Gasteiger partial charge in [0, 0.05) is 19.1 Å². The summed E-state index contributed by atoms with van der Waals surface area (Å²) in [5.41, 5.74) is 1.86. The molecule has 1 saturated heterocycles. The summed E-state index contributed by atoms with van der Waals surface area (Å²) in [6.45, 7) is 7.10. The number of hydrogen-bond acceptors (Lipinski definition) is 7. The topological polar surface area (TPSA) is 103 Å². The Morgan fingerprint density at radius 1 is 1.29 bits per heavy atom. The summed E-state index contributed by atoms with van der Waals surface area (Å²) < 4.78 is 12.8. The first kappa shape index (κ1) is 19.5. The Bertz CT molecular complexity index is 1220. The van der Waals surface area contributed by atoms with E-state index in [1.807, 2.05) is 35.6 Å². The highest BCUT2D eigenvalue weighted by Crippen LogP contribution is 2.30. The van der Waals surface area contributed by atoms with Gasteiger partial charge in [-0.05, 0) is 51.8 Å². The van der Waals surface area contributed by atoms with Gasteiger partial charge >= 0.3 is 0 Å². The molecule has 5 heterocycles. The van der Waals surface area contributed by atoms with Crippen LogP contribution in [0.5, 0.6) is 0 Å². The Balaban J connectivity index is 1.54. The van der Waals surface area contributed by atoms with Crippen LogP contribution in [0, 0.1) is 6.92 Å². The number of fused-ring (bicyclic) bond motifs is 1. The molecule has 1 aliphatic heterocycles. The van der Waals surface area contributed by atoms with Crippen LogP contribution in [-0.2, 0) is 0 Å². The van der Waals surface area contributed by atoms with Crippen molar-refractivity contribution < 1.29 is 13.7 Å². The van der Waals surface area contributed by atoms with Gasteiger partial charge in [0.15, 0.2) is 17.2 Å². The normalized spacial score (nSPS) is 17.0. The van der Waals surface area contributed by atoms with Gasteiger partial charge in [-0.2, -0.15) is 10.1 Å². The summed E-state index contributed by atoms with van der Waals surface area (Å²) in [5, 5.41) is 9.13. The highest BCUT2D eigenvalue weighted by Gasteiger charge is 2.30. The SMILES string of the molecule is Cc1noc([C@@H]2CCCN(C(=O)c3cc(-c4ccco4)nc4c3cnn4C(C)C)C2)n1. The maximum absolute atomic E-state index is 13.7. The predicted octanol–water partition coefficient (Wildman–Crippen LogP) is 3.98. The second kappa shape index (κ2) is 7.64. The molecule has 0 bridgehead atoms. The minimum Gasteiger partial charge on any atom is -0.463 e. The number of aromatic nitrogens is 5. The Kier molecular flexibility index (Phi) is 4.80. The van der Waals surface area contributed by atoms with Crippen molar-refractivity contribution in [3.8, 4) is 11.5 Å². The van der Waals surface area contributed by atoms with E-state index < -0.39 is 0 Å². The molecule has 31 heavy (non-hydrogen) atoms. The lowest BCUT2D eigenvalue weighted by Gasteiger charge is -2.31. The van der Waals surface area contributed by atoms with Crippen LogP contribution < -0.4 is 0 Å². The molecule has 1 atom stereocenters. The molecule has 0 unspecified atom stereocenters. The van der Waals surface area contributed by atoms with E-state index in [0.29, 0.717) is 47.5 Å². The molecule has 1 amide bonds. The number of pyridine rings is 1. The van der Waals surface area contributed by atoms with E-state index in [-0.39, 0.29) is 17.9 Å². The molecule has 0 aliphatic carbocycles. The van der Waals surface area contributed by atoms with Crippen LogP contribution in [0.1, 0.15) is 60.7 Å². The molecule has 0 spiro atoms. The molecule has 160 valence electrons. The molecule has 0 N–H and O–H groups in total. The number of amides is 1. The second-order valence-corrected chi connectivity index (χ2v) is 8.22. The lowest BCUT2D eigenvalue weighted by Crippen LogP contribution is -2.39. The van der Waals surface area contributed by atoms with Crippen LogP contribution >= 0.6 is 0 Å². The van der Waals surface area contributed by atoms with Crippen molar-refractivity contribution in [1.29, 1.82) is 0 Å². The lowest BCUT2D eigenvalue weighted by molar-refractivity contribution is 0.0697. The second-order valence-electron chi connectivity index (χ2n) is 8.22. The average Bonchev–Trinajstić information content (AvgIpc) is 3.52. The van der Waals surface area contributed by atoms with Gasteiger partial charge in [-0.25, -0.2) is 9.67 Å². The van der Waals surface area contributed by atoms with Gasteiger partial charge in [0.05, 0.1) is 29.3 Å². The highest BCUT2D eigenvalue weighted by atomic mass is 16.5. The quantitative estimate of drug-likeness (QED) is 0.492. The van der Waals surface area contributed by atoms with Crippen LogP contribution in [0.15, 0.2) is 39.6 Å². The smallest absolute Gasteiger partial charge is 0.254 e. The van der Waals surface area contributed by atoms with Crippen LogP contribution in [0.2, 0.25) is 0 Å². The molecule has 1 fully saturated rings. The van der Waals surface area contributed by atoms with Crippen molar-refractivity contribution in [2.75, 3.05) is 13.1 Å². The van der Waals surface area contributed by atoms with Gasteiger partial charge in [0.1, 0.15) is 5.69 Å². The molecule has 0 radical (unpaired) electrons. The summed E-state index contributed by atoms with van der Waals surface area (Å²) in [5.74, 6) is 1.81. The zero-order chi connectivity index (χ0) is 21.5. The van der Waals surface area contributed by atoms with Crippen molar-refractivity contribution in [3.05, 3.63) is 47.9 Å². The molecule has 1 aliphatic rings. The lowest BCUT2D eigenvalue weighted by atomic mass is 9.97. The van der Waals surface area contributed by atoms with E-state index in [1.165, 1.54) is 0 Å². The van der Waals surface area contributed by atoms with Gasteiger partial charge in [0.25, 0.3) is 5.91 Å². The largest absolute Gasteiger partial charge is 0.463 e. The fourth-order valence-corrected chi connectivity index (χ4v) is 4.14. The van der Waals surface area contributed by atoms with Crippen molar-refractivity contribution in [2.24, 2.45) is 0 Å². The van der Waals surface area contributed by atoms with Gasteiger partial charge in [-0.15, -0.1) is 0 Å². The predicted molar refractivity (Wildman–Crippen MR) is 113 cm³/mol. The number of piperidine rings is 1.